The number of ether oxygens (including phenoxy) is 1. The number of rotatable bonds is 5. The second-order valence-electron chi connectivity index (χ2n) is 5.28. The number of hydrogen-bond acceptors (Lipinski definition) is 3. The van der Waals surface area contributed by atoms with E-state index in [0.29, 0.717) is 22.4 Å². The molecule has 0 amide bonds. The molecule has 0 radical (unpaired) electrons. The van der Waals surface area contributed by atoms with E-state index in [4.69, 9.17) is 38.6 Å². The molecule has 0 aromatic heterocycles. The van der Waals surface area contributed by atoms with Crippen LogP contribution >= 0.6 is 33.9 Å². The average molecular weight is 358 g/mol. The van der Waals surface area contributed by atoms with Crippen LogP contribution in [0.2, 0.25) is 10.0 Å². The lowest BCUT2D eigenvalue weighted by atomic mass is 9.90. The van der Waals surface area contributed by atoms with Gasteiger partial charge in [0.05, 0.1) is 12.4 Å². The van der Waals surface area contributed by atoms with E-state index in [0.717, 1.165) is 25.7 Å². The van der Waals surface area contributed by atoms with Gasteiger partial charge in [0, 0.05) is 26.1 Å². The van der Waals surface area contributed by atoms with Gasteiger partial charge in [0.25, 0.3) is 0 Å². The quantitative estimate of drug-likeness (QED) is 0.729. The Morgan fingerprint density at radius 1 is 1.10 bits per heavy atom. The average Bonchev–Trinajstić information content (AvgIpc) is 2.72. The SMILES string of the molecule is O=S(=O)(Cl)CC1(COc2cc(Cl)cc(Cl)c2)CCCC1. The van der Waals surface area contributed by atoms with Crippen LogP contribution in [-0.4, -0.2) is 20.8 Å². The molecule has 0 atom stereocenters. The fourth-order valence-electron chi connectivity index (χ4n) is 2.67. The third-order valence-electron chi connectivity index (χ3n) is 3.52. The molecule has 2 rings (SSSR count). The molecule has 3 nitrogen and oxygen atoms in total. The predicted octanol–water partition coefficient (Wildman–Crippen LogP) is 4.50. The summed E-state index contributed by atoms with van der Waals surface area (Å²) < 4.78 is 28.5. The molecule has 0 aliphatic heterocycles. The fraction of sp³-hybridized carbons (Fsp3) is 0.538. The molecule has 1 fully saturated rings. The van der Waals surface area contributed by atoms with Crippen molar-refractivity contribution in [3.05, 3.63) is 28.2 Å². The summed E-state index contributed by atoms with van der Waals surface area (Å²) >= 11 is 11.8. The summed E-state index contributed by atoms with van der Waals surface area (Å²) in [5.41, 5.74) is -0.407. The topological polar surface area (TPSA) is 43.4 Å². The van der Waals surface area contributed by atoms with Crippen molar-refractivity contribution in [2.75, 3.05) is 12.4 Å². The second-order valence-corrected chi connectivity index (χ2v) is 8.93. The molecule has 1 saturated carbocycles. The molecular formula is C13H15Cl3O3S. The lowest BCUT2D eigenvalue weighted by molar-refractivity contribution is 0.171. The molecule has 20 heavy (non-hydrogen) atoms. The van der Waals surface area contributed by atoms with Crippen LogP contribution in [0.15, 0.2) is 18.2 Å². The molecule has 7 heteroatoms. The van der Waals surface area contributed by atoms with Crippen molar-refractivity contribution < 1.29 is 13.2 Å². The summed E-state index contributed by atoms with van der Waals surface area (Å²) in [6.45, 7) is 0.301. The maximum Gasteiger partial charge on any atom is 0.233 e. The van der Waals surface area contributed by atoms with Crippen LogP contribution in [0.5, 0.6) is 5.75 Å². The summed E-state index contributed by atoms with van der Waals surface area (Å²) in [6, 6.07) is 4.93. The Morgan fingerprint density at radius 2 is 1.65 bits per heavy atom. The maximum atomic E-state index is 11.4. The molecule has 0 heterocycles. The van der Waals surface area contributed by atoms with Gasteiger partial charge in [-0.2, -0.15) is 0 Å². The van der Waals surface area contributed by atoms with Gasteiger partial charge in [-0.3, -0.25) is 0 Å². The molecule has 112 valence electrons. The molecule has 1 aliphatic rings. The van der Waals surface area contributed by atoms with E-state index in [9.17, 15) is 8.42 Å². The zero-order valence-electron chi connectivity index (χ0n) is 10.7. The van der Waals surface area contributed by atoms with Gasteiger partial charge in [0.1, 0.15) is 5.75 Å². The Balaban J connectivity index is 2.09. The van der Waals surface area contributed by atoms with Crippen LogP contribution < -0.4 is 4.74 Å². The Morgan fingerprint density at radius 3 is 2.15 bits per heavy atom. The molecule has 0 saturated heterocycles. The Kier molecular flexibility index (Phi) is 5.11. The van der Waals surface area contributed by atoms with Crippen molar-refractivity contribution in [3.63, 3.8) is 0 Å². The Hall–Kier alpha value is -0.160. The summed E-state index contributed by atoms with van der Waals surface area (Å²) in [7, 11) is 1.86. The maximum absolute atomic E-state index is 11.4. The van der Waals surface area contributed by atoms with Crippen molar-refractivity contribution in [1.29, 1.82) is 0 Å². The first kappa shape index (κ1) is 16.2. The summed E-state index contributed by atoms with van der Waals surface area (Å²) in [5, 5.41) is 0.968. The highest BCUT2D eigenvalue weighted by Gasteiger charge is 2.38. The smallest absolute Gasteiger partial charge is 0.233 e. The molecule has 0 bridgehead atoms. The highest BCUT2D eigenvalue weighted by molar-refractivity contribution is 8.13. The van der Waals surface area contributed by atoms with E-state index >= 15 is 0 Å². The van der Waals surface area contributed by atoms with Crippen LogP contribution in [0.25, 0.3) is 0 Å². The van der Waals surface area contributed by atoms with Gasteiger partial charge in [0.2, 0.25) is 9.05 Å². The predicted molar refractivity (Wildman–Crippen MR) is 82.5 cm³/mol. The third kappa shape index (κ3) is 4.69. The van der Waals surface area contributed by atoms with E-state index in [1.807, 2.05) is 0 Å². The van der Waals surface area contributed by atoms with Crippen molar-refractivity contribution in [1.82, 2.24) is 0 Å². The van der Waals surface area contributed by atoms with Gasteiger partial charge in [-0.25, -0.2) is 8.42 Å². The highest BCUT2D eigenvalue weighted by atomic mass is 35.7. The van der Waals surface area contributed by atoms with Crippen molar-refractivity contribution in [3.8, 4) is 5.75 Å². The van der Waals surface area contributed by atoms with E-state index in [1.54, 1.807) is 18.2 Å². The van der Waals surface area contributed by atoms with Gasteiger partial charge in [-0.05, 0) is 31.0 Å². The minimum absolute atomic E-state index is 0.0597. The molecule has 1 aliphatic carbocycles. The van der Waals surface area contributed by atoms with E-state index < -0.39 is 14.5 Å². The van der Waals surface area contributed by atoms with Crippen molar-refractivity contribution >= 4 is 42.9 Å². The molecule has 1 aromatic carbocycles. The summed E-state index contributed by atoms with van der Waals surface area (Å²) in [5.74, 6) is 0.483. The van der Waals surface area contributed by atoms with Gasteiger partial charge in [-0.1, -0.05) is 36.0 Å². The standard InChI is InChI=1S/C13H15Cl3O3S/c14-10-5-11(15)7-12(6-10)19-8-13(3-1-2-4-13)9-20(16,17)18/h5-7H,1-4,8-9H2. The lowest BCUT2D eigenvalue weighted by Gasteiger charge is -2.27. The number of hydrogen-bond donors (Lipinski definition) is 0. The van der Waals surface area contributed by atoms with Crippen molar-refractivity contribution in [2.24, 2.45) is 5.41 Å². The van der Waals surface area contributed by atoms with Gasteiger partial charge in [-0.15, -0.1) is 0 Å². The van der Waals surface area contributed by atoms with Gasteiger partial charge < -0.3 is 4.74 Å². The highest BCUT2D eigenvalue weighted by Crippen LogP contribution is 2.40. The minimum atomic E-state index is -3.55. The van der Waals surface area contributed by atoms with Crippen LogP contribution in [0.1, 0.15) is 25.7 Å². The van der Waals surface area contributed by atoms with Crippen molar-refractivity contribution in [2.45, 2.75) is 25.7 Å². The Labute approximate surface area is 133 Å². The van der Waals surface area contributed by atoms with E-state index in [2.05, 4.69) is 0 Å². The van der Waals surface area contributed by atoms with Gasteiger partial charge in [0.15, 0.2) is 0 Å². The van der Waals surface area contributed by atoms with E-state index in [1.165, 1.54) is 0 Å². The Bertz CT molecular complexity index is 560. The van der Waals surface area contributed by atoms with Crippen LogP contribution in [0.4, 0.5) is 0 Å². The number of halogens is 3. The molecule has 0 unspecified atom stereocenters. The zero-order chi connectivity index (χ0) is 14.8. The first-order valence-electron chi connectivity index (χ1n) is 6.29. The summed E-state index contributed by atoms with van der Waals surface area (Å²) in [4.78, 5) is 0. The summed E-state index contributed by atoms with van der Waals surface area (Å²) in [6.07, 6.45) is 3.58. The minimum Gasteiger partial charge on any atom is -0.493 e. The van der Waals surface area contributed by atoms with Crippen LogP contribution in [-0.2, 0) is 9.05 Å². The molecule has 0 spiro atoms. The monoisotopic (exact) mass is 356 g/mol. The van der Waals surface area contributed by atoms with Crippen LogP contribution in [0.3, 0.4) is 0 Å². The van der Waals surface area contributed by atoms with Gasteiger partial charge >= 0.3 is 0 Å². The number of benzene rings is 1. The lowest BCUT2D eigenvalue weighted by Crippen LogP contribution is -2.32. The molecule has 1 aromatic rings. The normalized spacial score (nSPS) is 18.1. The second kappa shape index (κ2) is 6.30. The van der Waals surface area contributed by atoms with Crippen LogP contribution in [0, 0.1) is 5.41 Å². The largest absolute Gasteiger partial charge is 0.493 e. The molecule has 0 N–H and O–H groups in total. The van der Waals surface area contributed by atoms with E-state index in [-0.39, 0.29) is 5.75 Å². The molecular weight excluding hydrogens is 343 g/mol. The zero-order valence-corrected chi connectivity index (χ0v) is 13.8. The third-order valence-corrected chi connectivity index (χ3v) is 5.24. The fourth-order valence-corrected chi connectivity index (χ4v) is 4.97. The first-order valence-corrected chi connectivity index (χ1v) is 9.53. The first-order chi connectivity index (χ1) is 9.28.